The molecule has 98 valence electrons. The van der Waals surface area contributed by atoms with Gasteiger partial charge in [-0.3, -0.25) is 9.59 Å². The van der Waals surface area contributed by atoms with E-state index in [1.807, 2.05) is 0 Å². The molecule has 18 heavy (non-hydrogen) atoms. The van der Waals surface area contributed by atoms with Gasteiger partial charge in [-0.05, 0) is 25.5 Å². The van der Waals surface area contributed by atoms with E-state index < -0.39 is 34.6 Å². The van der Waals surface area contributed by atoms with Crippen LogP contribution in [0.5, 0.6) is 0 Å². The van der Waals surface area contributed by atoms with E-state index in [1.165, 1.54) is 13.0 Å². The van der Waals surface area contributed by atoms with Gasteiger partial charge in [0.05, 0.1) is 5.56 Å². The first-order chi connectivity index (χ1) is 8.31. The van der Waals surface area contributed by atoms with Crippen LogP contribution in [-0.4, -0.2) is 17.4 Å². The summed E-state index contributed by atoms with van der Waals surface area (Å²) in [4.78, 5) is 23.0. The zero-order valence-electron chi connectivity index (χ0n) is 10.1. The molecule has 1 aromatic carbocycles. The molecular formula is C12H14F2N2O2. The third-order valence-corrected chi connectivity index (χ3v) is 2.84. The molecule has 0 aliphatic heterocycles. The van der Waals surface area contributed by atoms with Crippen LogP contribution in [0.2, 0.25) is 0 Å². The first-order valence-electron chi connectivity index (χ1n) is 5.38. The van der Waals surface area contributed by atoms with E-state index in [4.69, 9.17) is 5.73 Å². The molecule has 0 radical (unpaired) electrons. The molecule has 1 aromatic rings. The predicted molar refractivity (Wildman–Crippen MR) is 61.7 cm³/mol. The topological polar surface area (TPSA) is 72.2 Å². The number of carbonyl (C=O) groups excluding carboxylic acids is 2. The molecule has 1 unspecified atom stereocenters. The molecular weight excluding hydrogens is 242 g/mol. The summed E-state index contributed by atoms with van der Waals surface area (Å²) in [5, 5.41) is 2.31. The average Bonchev–Trinajstić information content (AvgIpc) is 2.32. The molecule has 0 aromatic heterocycles. The highest BCUT2D eigenvalue weighted by molar-refractivity contribution is 5.98. The standard InChI is InChI=1S/C12H14F2N2O2/c1-3-12(2,11(15)18)16-10(17)7-5-4-6-8(13)9(7)14/h4-6H,3H2,1-2H3,(H2,15,18)(H,16,17). The molecule has 0 spiro atoms. The molecule has 0 aliphatic rings. The van der Waals surface area contributed by atoms with Crippen molar-refractivity contribution in [3.05, 3.63) is 35.4 Å². The monoisotopic (exact) mass is 256 g/mol. The van der Waals surface area contributed by atoms with Crippen molar-refractivity contribution in [3.8, 4) is 0 Å². The second kappa shape index (κ2) is 5.12. The highest BCUT2D eigenvalue weighted by atomic mass is 19.2. The number of rotatable bonds is 4. The summed E-state index contributed by atoms with van der Waals surface area (Å²) in [6, 6.07) is 3.24. The van der Waals surface area contributed by atoms with Crippen molar-refractivity contribution in [1.29, 1.82) is 0 Å². The van der Waals surface area contributed by atoms with Gasteiger partial charge in [0.1, 0.15) is 5.54 Å². The fourth-order valence-electron chi connectivity index (χ4n) is 1.32. The largest absolute Gasteiger partial charge is 0.368 e. The summed E-state index contributed by atoms with van der Waals surface area (Å²) in [6.45, 7) is 3.07. The van der Waals surface area contributed by atoms with Crippen molar-refractivity contribution in [2.24, 2.45) is 5.73 Å². The van der Waals surface area contributed by atoms with Crippen LogP contribution in [0.25, 0.3) is 0 Å². The van der Waals surface area contributed by atoms with Gasteiger partial charge in [-0.1, -0.05) is 13.0 Å². The first-order valence-corrected chi connectivity index (χ1v) is 5.38. The first kappa shape index (κ1) is 14.1. The van der Waals surface area contributed by atoms with Crippen molar-refractivity contribution >= 4 is 11.8 Å². The lowest BCUT2D eigenvalue weighted by atomic mass is 9.97. The molecule has 0 aliphatic carbocycles. The molecule has 3 N–H and O–H groups in total. The number of benzene rings is 1. The van der Waals surface area contributed by atoms with Gasteiger partial charge in [0, 0.05) is 0 Å². The van der Waals surface area contributed by atoms with Crippen molar-refractivity contribution in [1.82, 2.24) is 5.32 Å². The summed E-state index contributed by atoms with van der Waals surface area (Å²) in [7, 11) is 0. The number of nitrogens with one attached hydrogen (secondary N) is 1. The molecule has 0 saturated carbocycles. The summed E-state index contributed by atoms with van der Waals surface area (Å²) in [5.41, 5.74) is 3.40. The van der Waals surface area contributed by atoms with Gasteiger partial charge in [0.2, 0.25) is 5.91 Å². The Kier molecular flexibility index (Phi) is 4.00. The molecule has 6 heteroatoms. The van der Waals surface area contributed by atoms with Crippen molar-refractivity contribution in [2.45, 2.75) is 25.8 Å². The summed E-state index contributed by atoms with van der Waals surface area (Å²) >= 11 is 0. The van der Waals surface area contributed by atoms with Gasteiger partial charge in [0.15, 0.2) is 11.6 Å². The van der Waals surface area contributed by atoms with Crippen LogP contribution >= 0.6 is 0 Å². The molecule has 0 saturated heterocycles. The van der Waals surface area contributed by atoms with E-state index >= 15 is 0 Å². The second-order valence-corrected chi connectivity index (χ2v) is 4.11. The van der Waals surface area contributed by atoms with Crippen LogP contribution < -0.4 is 11.1 Å². The van der Waals surface area contributed by atoms with Crippen LogP contribution in [0.4, 0.5) is 8.78 Å². The summed E-state index contributed by atoms with van der Waals surface area (Å²) < 4.78 is 26.3. The van der Waals surface area contributed by atoms with Gasteiger partial charge in [-0.15, -0.1) is 0 Å². The van der Waals surface area contributed by atoms with E-state index in [0.29, 0.717) is 0 Å². The molecule has 1 atom stereocenters. The minimum absolute atomic E-state index is 0.241. The van der Waals surface area contributed by atoms with Gasteiger partial charge in [-0.2, -0.15) is 0 Å². The normalized spacial score (nSPS) is 13.8. The van der Waals surface area contributed by atoms with Crippen molar-refractivity contribution in [3.63, 3.8) is 0 Å². The van der Waals surface area contributed by atoms with Crippen molar-refractivity contribution < 1.29 is 18.4 Å². The Labute approximate surface area is 103 Å². The van der Waals surface area contributed by atoms with Crippen LogP contribution in [0, 0.1) is 11.6 Å². The highest BCUT2D eigenvalue weighted by Gasteiger charge is 2.32. The van der Waals surface area contributed by atoms with Gasteiger partial charge >= 0.3 is 0 Å². The van der Waals surface area contributed by atoms with Crippen LogP contribution in [0.15, 0.2) is 18.2 Å². The zero-order chi connectivity index (χ0) is 13.9. The van der Waals surface area contributed by atoms with Crippen LogP contribution in [0.3, 0.4) is 0 Å². The van der Waals surface area contributed by atoms with Crippen LogP contribution in [-0.2, 0) is 4.79 Å². The number of hydrogen-bond donors (Lipinski definition) is 2. The summed E-state index contributed by atoms with van der Waals surface area (Å²) in [6.07, 6.45) is 0.241. The van der Waals surface area contributed by atoms with Crippen molar-refractivity contribution in [2.75, 3.05) is 0 Å². The minimum Gasteiger partial charge on any atom is -0.368 e. The number of hydrogen-bond acceptors (Lipinski definition) is 2. The van der Waals surface area contributed by atoms with E-state index in [1.54, 1.807) is 6.92 Å². The molecule has 0 bridgehead atoms. The zero-order valence-corrected chi connectivity index (χ0v) is 10.1. The Bertz CT molecular complexity index is 491. The van der Waals surface area contributed by atoms with E-state index in [-0.39, 0.29) is 6.42 Å². The minimum atomic E-state index is -1.30. The maximum Gasteiger partial charge on any atom is 0.255 e. The van der Waals surface area contributed by atoms with Gasteiger partial charge in [-0.25, -0.2) is 8.78 Å². The number of primary amides is 1. The van der Waals surface area contributed by atoms with E-state index in [2.05, 4.69) is 5.32 Å². The fraction of sp³-hybridized carbons (Fsp3) is 0.333. The Morgan fingerprint density at radius 2 is 2.00 bits per heavy atom. The highest BCUT2D eigenvalue weighted by Crippen LogP contribution is 2.14. The summed E-state index contributed by atoms with van der Waals surface area (Å²) in [5.74, 6) is -4.00. The van der Waals surface area contributed by atoms with Gasteiger partial charge < -0.3 is 11.1 Å². The fourth-order valence-corrected chi connectivity index (χ4v) is 1.32. The van der Waals surface area contributed by atoms with E-state index in [0.717, 1.165) is 12.1 Å². The van der Waals surface area contributed by atoms with Crippen LogP contribution in [0.1, 0.15) is 30.6 Å². The molecule has 4 nitrogen and oxygen atoms in total. The molecule has 0 fully saturated rings. The van der Waals surface area contributed by atoms with Gasteiger partial charge in [0.25, 0.3) is 5.91 Å². The average molecular weight is 256 g/mol. The maximum absolute atomic E-state index is 13.4. The number of halogens is 2. The lowest BCUT2D eigenvalue weighted by Gasteiger charge is -2.25. The Hall–Kier alpha value is -1.98. The quantitative estimate of drug-likeness (QED) is 0.853. The Morgan fingerprint density at radius 1 is 1.39 bits per heavy atom. The number of amides is 2. The predicted octanol–water partition coefficient (Wildman–Crippen LogP) is 1.35. The third-order valence-electron chi connectivity index (χ3n) is 2.84. The lowest BCUT2D eigenvalue weighted by Crippen LogP contribution is -2.55. The Balaban J connectivity index is 3.02. The third kappa shape index (κ3) is 2.64. The second-order valence-electron chi connectivity index (χ2n) is 4.11. The molecule has 2 amide bonds. The maximum atomic E-state index is 13.4. The smallest absolute Gasteiger partial charge is 0.255 e. The molecule has 1 rings (SSSR count). The number of carbonyl (C=O) groups is 2. The molecule has 0 heterocycles. The number of nitrogens with two attached hydrogens (primary N) is 1. The Morgan fingerprint density at radius 3 is 2.50 bits per heavy atom. The lowest BCUT2D eigenvalue weighted by molar-refractivity contribution is -0.123. The SMILES string of the molecule is CCC(C)(NC(=O)c1cccc(F)c1F)C(N)=O. The van der Waals surface area contributed by atoms with E-state index in [9.17, 15) is 18.4 Å².